The van der Waals surface area contributed by atoms with Gasteiger partial charge in [-0.15, -0.1) is 5.11 Å². The molecule has 0 amide bonds. The fraction of sp³-hybridized carbons (Fsp3) is 0.143. The summed E-state index contributed by atoms with van der Waals surface area (Å²) in [7, 11) is -3.42. The summed E-state index contributed by atoms with van der Waals surface area (Å²) in [6, 6.07) is 9.97. The van der Waals surface area contributed by atoms with Gasteiger partial charge in [-0.25, -0.2) is 8.42 Å². The van der Waals surface area contributed by atoms with E-state index in [1.54, 1.807) is 24.3 Å². The Labute approximate surface area is 132 Å². The lowest BCUT2D eigenvalue weighted by Gasteiger charge is -2.25. The largest absolute Gasteiger partial charge is 0.633 e. The van der Waals surface area contributed by atoms with Gasteiger partial charge in [0.25, 0.3) is 0 Å². The normalized spacial score (nSPS) is 12.2. The molecule has 0 aliphatic heterocycles. The van der Waals surface area contributed by atoms with Crippen molar-refractivity contribution in [2.45, 2.75) is 11.4 Å². The first-order valence-corrected chi connectivity index (χ1v) is 8.38. The quantitative estimate of drug-likeness (QED) is 0.632. The Morgan fingerprint density at radius 1 is 1.09 bits per heavy atom. The maximum Gasteiger partial charge on any atom is 0.175 e. The van der Waals surface area contributed by atoms with E-state index in [2.05, 4.69) is 10.2 Å². The van der Waals surface area contributed by atoms with E-state index in [-0.39, 0.29) is 22.9 Å². The van der Waals surface area contributed by atoms with Crippen LogP contribution in [0, 0.1) is 10.4 Å². The monoisotopic (exact) mass is 336 g/mol. The lowest BCUT2D eigenvalue weighted by atomic mass is 10.2. The second-order valence-electron chi connectivity index (χ2n) is 4.84. The van der Waals surface area contributed by atoms with Crippen molar-refractivity contribution in [1.82, 2.24) is 0 Å². The van der Waals surface area contributed by atoms with Crippen molar-refractivity contribution >= 4 is 21.2 Å². The zero-order valence-corrected chi connectivity index (χ0v) is 12.9. The molecule has 122 valence electrons. The standard InChI is InChI=1S/C14H14N3O5S/c1-23(21,22)12-6-7-14(18)13(8-12)16-15-11-4-2-10(3-5-11)9-17(19)20/h2-8,17-18H,9H2,1H3/q-1. The van der Waals surface area contributed by atoms with Gasteiger partial charge in [0.15, 0.2) is 9.84 Å². The number of azo groups is 1. The zero-order valence-electron chi connectivity index (χ0n) is 12.1. The van der Waals surface area contributed by atoms with Gasteiger partial charge in [0.1, 0.15) is 18.0 Å². The van der Waals surface area contributed by atoms with Crippen molar-refractivity contribution in [3.05, 3.63) is 58.4 Å². The first-order valence-electron chi connectivity index (χ1n) is 6.49. The van der Waals surface area contributed by atoms with Crippen LogP contribution >= 0.6 is 0 Å². The number of hydrogen-bond acceptors (Lipinski definition) is 7. The molecule has 0 atom stereocenters. The molecule has 9 heteroatoms. The van der Waals surface area contributed by atoms with E-state index in [9.17, 15) is 23.9 Å². The van der Waals surface area contributed by atoms with Crippen LogP contribution in [-0.2, 0) is 16.4 Å². The highest BCUT2D eigenvalue weighted by Crippen LogP contribution is 2.30. The Bertz CT molecular complexity index is 817. The minimum atomic E-state index is -3.42. The number of phenolic OH excluding ortho intramolecular Hbond substituents is 1. The molecule has 0 heterocycles. The van der Waals surface area contributed by atoms with Crippen molar-refractivity contribution in [2.75, 3.05) is 6.26 Å². The van der Waals surface area contributed by atoms with Crippen LogP contribution in [0.15, 0.2) is 57.6 Å². The highest BCUT2D eigenvalue weighted by atomic mass is 32.2. The van der Waals surface area contributed by atoms with Crippen LogP contribution in [-0.4, -0.2) is 19.8 Å². The molecule has 0 bridgehead atoms. The fourth-order valence-corrected chi connectivity index (χ4v) is 2.41. The van der Waals surface area contributed by atoms with E-state index in [1.807, 2.05) is 0 Å². The molecule has 0 fully saturated rings. The molecular formula is C14H14N3O5S-. The van der Waals surface area contributed by atoms with Crippen molar-refractivity contribution in [3.63, 3.8) is 0 Å². The van der Waals surface area contributed by atoms with Gasteiger partial charge in [-0.2, -0.15) is 5.11 Å². The number of quaternary nitrogens is 1. The Kier molecular flexibility index (Phi) is 5.06. The smallest absolute Gasteiger partial charge is 0.175 e. The molecule has 2 aromatic rings. The maximum atomic E-state index is 11.5. The summed E-state index contributed by atoms with van der Waals surface area (Å²) in [4.78, 5) is 0.0218. The third-order valence-corrected chi connectivity index (χ3v) is 4.04. The van der Waals surface area contributed by atoms with Gasteiger partial charge < -0.3 is 20.7 Å². The van der Waals surface area contributed by atoms with E-state index in [1.165, 1.54) is 18.2 Å². The minimum Gasteiger partial charge on any atom is -0.633 e. The lowest BCUT2D eigenvalue weighted by Crippen LogP contribution is -3.00. The van der Waals surface area contributed by atoms with Gasteiger partial charge in [-0.05, 0) is 30.3 Å². The average molecular weight is 336 g/mol. The number of phenols is 1. The van der Waals surface area contributed by atoms with Crippen molar-refractivity contribution in [2.24, 2.45) is 10.2 Å². The first kappa shape index (κ1) is 17.0. The van der Waals surface area contributed by atoms with Gasteiger partial charge in [-0.1, -0.05) is 12.1 Å². The van der Waals surface area contributed by atoms with Crippen molar-refractivity contribution < 1.29 is 18.8 Å². The summed E-state index contributed by atoms with van der Waals surface area (Å²) in [6.07, 6.45) is 1.05. The highest BCUT2D eigenvalue weighted by Gasteiger charge is 2.10. The lowest BCUT2D eigenvalue weighted by molar-refractivity contribution is -0.807. The molecule has 0 aliphatic rings. The van der Waals surface area contributed by atoms with Gasteiger partial charge in [0.05, 0.1) is 10.6 Å². The Morgan fingerprint density at radius 2 is 1.74 bits per heavy atom. The van der Waals surface area contributed by atoms with Gasteiger partial charge in [-0.3, -0.25) is 0 Å². The summed E-state index contributed by atoms with van der Waals surface area (Å²) in [6.45, 7) is -0.200. The third-order valence-electron chi connectivity index (χ3n) is 2.93. The highest BCUT2D eigenvalue weighted by molar-refractivity contribution is 7.90. The van der Waals surface area contributed by atoms with E-state index in [0.717, 1.165) is 6.26 Å². The Morgan fingerprint density at radius 3 is 2.30 bits per heavy atom. The summed E-state index contributed by atoms with van der Waals surface area (Å²) in [5, 5.41) is 37.2. The number of rotatable bonds is 5. The Hall–Kier alpha value is -2.33. The van der Waals surface area contributed by atoms with Crippen LogP contribution in [0.5, 0.6) is 5.75 Å². The fourth-order valence-electron chi connectivity index (χ4n) is 1.77. The molecular weight excluding hydrogens is 322 g/mol. The predicted molar refractivity (Wildman–Crippen MR) is 83.2 cm³/mol. The zero-order chi connectivity index (χ0) is 17.0. The molecule has 23 heavy (non-hydrogen) atoms. The molecule has 0 aromatic heterocycles. The molecule has 0 radical (unpaired) electrons. The minimum absolute atomic E-state index is 0.0201. The van der Waals surface area contributed by atoms with E-state index in [4.69, 9.17) is 0 Å². The molecule has 2 N–H and O–H groups in total. The molecule has 2 aromatic carbocycles. The Balaban J connectivity index is 2.23. The topological polar surface area (TPSA) is 130 Å². The second-order valence-corrected chi connectivity index (χ2v) is 6.85. The number of aromatic hydroxyl groups is 1. The maximum absolute atomic E-state index is 11.5. The molecule has 8 nitrogen and oxygen atoms in total. The van der Waals surface area contributed by atoms with E-state index >= 15 is 0 Å². The van der Waals surface area contributed by atoms with E-state index < -0.39 is 15.1 Å². The molecule has 0 spiro atoms. The number of hydrogen-bond donors (Lipinski definition) is 2. The van der Waals surface area contributed by atoms with Crippen LogP contribution in [0.1, 0.15) is 5.56 Å². The number of benzene rings is 2. The van der Waals surface area contributed by atoms with Crippen LogP contribution in [0.4, 0.5) is 11.4 Å². The number of hydroxylamine groups is 2. The summed E-state index contributed by atoms with van der Waals surface area (Å²) in [5.41, 5.74) is 1.01. The van der Waals surface area contributed by atoms with E-state index in [0.29, 0.717) is 11.3 Å². The predicted octanol–water partition coefficient (Wildman–Crippen LogP) is 1.59. The first-order chi connectivity index (χ1) is 10.8. The third kappa shape index (κ3) is 4.83. The number of nitrogens with zero attached hydrogens (tertiary/aromatic N) is 2. The summed E-state index contributed by atoms with van der Waals surface area (Å²) >= 11 is 0. The summed E-state index contributed by atoms with van der Waals surface area (Å²) in [5.74, 6) is -0.199. The van der Waals surface area contributed by atoms with Crippen molar-refractivity contribution in [1.29, 1.82) is 0 Å². The second kappa shape index (κ2) is 6.84. The summed E-state index contributed by atoms with van der Waals surface area (Å²) < 4.78 is 23.0. The molecule has 2 rings (SSSR count). The molecule has 0 aliphatic carbocycles. The molecule has 0 saturated carbocycles. The molecule has 0 saturated heterocycles. The molecule has 0 unspecified atom stereocenters. The van der Waals surface area contributed by atoms with Gasteiger partial charge >= 0.3 is 0 Å². The number of sulfone groups is 1. The SMILES string of the molecule is CS(=O)(=O)c1ccc(O)c(N=Nc2ccc(C[NH+]([O-])[O-])cc2)c1. The van der Waals surface area contributed by atoms with Crippen molar-refractivity contribution in [3.8, 4) is 5.75 Å². The van der Waals surface area contributed by atoms with Crippen LogP contribution in [0.2, 0.25) is 0 Å². The van der Waals surface area contributed by atoms with Gasteiger partial charge in [0.2, 0.25) is 0 Å². The van der Waals surface area contributed by atoms with Crippen LogP contribution < -0.4 is 5.23 Å². The van der Waals surface area contributed by atoms with Crippen LogP contribution in [0.3, 0.4) is 0 Å². The number of nitrogens with one attached hydrogen (secondary N) is 1. The van der Waals surface area contributed by atoms with Crippen LogP contribution in [0.25, 0.3) is 0 Å². The average Bonchev–Trinajstić information content (AvgIpc) is 2.46. The van der Waals surface area contributed by atoms with Gasteiger partial charge in [0, 0.05) is 11.8 Å².